The van der Waals surface area contributed by atoms with Crippen LogP contribution in [0.3, 0.4) is 0 Å². The molecule has 3 heterocycles. The van der Waals surface area contributed by atoms with Gasteiger partial charge in [-0.1, -0.05) is 0 Å². The van der Waals surface area contributed by atoms with Gasteiger partial charge < -0.3 is 19.4 Å². The summed E-state index contributed by atoms with van der Waals surface area (Å²) < 4.78 is 5.73. The van der Waals surface area contributed by atoms with E-state index in [9.17, 15) is 9.59 Å². The molecule has 3 amide bonds. The van der Waals surface area contributed by atoms with Crippen LogP contribution in [-0.4, -0.2) is 80.1 Å². The summed E-state index contributed by atoms with van der Waals surface area (Å²) in [4.78, 5) is 30.1. The number of rotatable bonds is 2. The molecule has 22 heavy (non-hydrogen) atoms. The van der Waals surface area contributed by atoms with Gasteiger partial charge >= 0.3 is 6.03 Å². The minimum absolute atomic E-state index is 0.0685. The zero-order chi connectivity index (χ0) is 15.7. The quantitative estimate of drug-likeness (QED) is 0.761. The van der Waals surface area contributed by atoms with E-state index < -0.39 is 0 Å². The van der Waals surface area contributed by atoms with Crippen molar-refractivity contribution in [3.05, 3.63) is 0 Å². The fourth-order valence-electron chi connectivity index (χ4n) is 4.07. The maximum absolute atomic E-state index is 12.4. The van der Waals surface area contributed by atoms with Crippen molar-refractivity contribution < 1.29 is 14.3 Å². The molecule has 0 aliphatic carbocycles. The van der Waals surface area contributed by atoms with Crippen LogP contribution in [0, 0.1) is 17.8 Å². The lowest BCUT2D eigenvalue weighted by Crippen LogP contribution is -2.39. The smallest absolute Gasteiger partial charge is 0.319 e. The van der Waals surface area contributed by atoms with Crippen LogP contribution in [0.2, 0.25) is 0 Å². The molecule has 0 N–H and O–H groups in total. The number of urea groups is 1. The summed E-state index contributed by atoms with van der Waals surface area (Å²) in [5.74, 6) is 1.31. The molecular weight excluding hydrogens is 282 g/mol. The van der Waals surface area contributed by atoms with E-state index in [0.717, 1.165) is 45.6 Å². The van der Waals surface area contributed by atoms with Crippen molar-refractivity contribution in [1.82, 2.24) is 14.7 Å². The zero-order valence-electron chi connectivity index (χ0n) is 13.7. The normalized spacial score (nSPS) is 31.3. The Morgan fingerprint density at radius 1 is 1.09 bits per heavy atom. The van der Waals surface area contributed by atoms with Gasteiger partial charge in [0.2, 0.25) is 5.91 Å². The number of nitrogens with zero attached hydrogens (tertiary/aromatic N) is 3. The molecule has 0 aromatic carbocycles. The minimum atomic E-state index is 0.0685. The molecule has 6 nitrogen and oxygen atoms in total. The Bertz CT molecular complexity index is 434. The maximum atomic E-state index is 12.4. The molecule has 3 atom stereocenters. The van der Waals surface area contributed by atoms with Gasteiger partial charge in [0.05, 0.1) is 13.2 Å². The summed E-state index contributed by atoms with van der Waals surface area (Å²) in [5, 5.41) is 0. The van der Waals surface area contributed by atoms with Crippen molar-refractivity contribution in [3.8, 4) is 0 Å². The summed E-state index contributed by atoms with van der Waals surface area (Å²) in [7, 11) is 3.57. The average molecular weight is 309 g/mol. The van der Waals surface area contributed by atoms with Crippen molar-refractivity contribution in [3.63, 3.8) is 0 Å². The molecule has 0 bridgehead atoms. The molecule has 0 unspecified atom stereocenters. The number of likely N-dealkylation sites (tertiary alicyclic amines) is 2. The van der Waals surface area contributed by atoms with Crippen LogP contribution in [-0.2, 0) is 9.53 Å². The molecule has 6 heteroatoms. The van der Waals surface area contributed by atoms with E-state index in [2.05, 4.69) is 0 Å². The van der Waals surface area contributed by atoms with Gasteiger partial charge in [-0.2, -0.15) is 0 Å². The Balaban J connectivity index is 1.61. The van der Waals surface area contributed by atoms with E-state index in [1.54, 1.807) is 19.0 Å². The Kier molecular flexibility index (Phi) is 4.57. The zero-order valence-corrected chi connectivity index (χ0v) is 13.7. The van der Waals surface area contributed by atoms with Crippen molar-refractivity contribution in [2.75, 3.05) is 53.5 Å². The Hall–Kier alpha value is -1.30. The topological polar surface area (TPSA) is 53.1 Å². The number of hydrogen-bond donors (Lipinski definition) is 0. The van der Waals surface area contributed by atoms with Crippen molar-refractivity contribution in [1.29, 1.82) is 0 Å². The van der Waals surface area contributed by atoms with Crippen LogP contribution in [0.5, 0.6) is 0 Å². The van der Waals surface area contributed by atoms with Crippen LogP contribution < -0.4 is 0 Å². The van der Waals surface area contributed by atoms with Crippen LogP contribution in [0.25, 0.3) is 0 Å². The standard InChI is InChI=1S/C16H27N3O3/c1-17(2)16(21)19-8-13-11-22-10-12(14(13)9-19)7-15(20)18-5-3-4-6-18/h12-14H,3-11H2,1-2H3/t12-,13-,14+/m1/s1. The molecule has 0 aromatic heterocycles. The van der Waals surface area contributed by atoms with Gasteiger partial charge in [-0.15, -0.1) is 0 Å². The Morgan fingerprint density at radius 2 is 1.82 bits per heavy atom. The van der Waals surface area contributed by atoms with Gasteiger partial charge in [-0.05, 0) is 24.7 Å². The molecule has 0 aromatic rings. The number of fused-ring (bicyclic) bond motifs is 1. The van der Waals surface area contributed by atoms with E-state index in [0.29, 0.717) is 24.9 Å². The van der Waals surface area contributed by atoms with E-state index in [1.807, 2.05) is 9.80 Å². The molecule has 3 aliphatic heterocycles. The molecule has 3 saturated heterocycles. The molecule has 0 saturated carbocycles. The maximum Gasteiger partial charge on any atom is 0.319 e. The summed E-state index contributed by atoms with van der Waals surface area (Å²) in [5.41, 5.74) is 0. The van der Waals surface area contributed by atoms with Crippen LogP contribution in [0.15, 0.2) is 0 Å². The second-order valence-corrected chi connectivity index (χ2v) is 7.10. The van der Waals surface area contributed by atoms with Gasteiger partial charge in [0.1, 0.15) is 0 Å². The van der Waals surface area contributed by atoms with Crippen LogP contribution in [0.1, 0.15) is 19.3 Å². The number of carbonyl (C=O) groups excluding carboxylic acids is 2. The number of carbonyl (C=O) groups is 2. The number of hydrogen-bond acceptors (Lipinski definition) is 3. The highest BCUT2D eigenvalue weighted by Gasteiger charge is 2.43. The van der Waals surface area contributed by atoms with Crippen molar-refractivity contribution >= 4 is 11.9 Å². The molecular formula is C16H27N3O3. The molecule has 124 valence electrons. The number of ether oxygens (including phenoxy) is 1. The predicted molar refractivity (Wildman–Crippen MR) is 82.4 cm³/mol. The third kappa shape index (κ3) is 3.07. The van der Waals surface area contributed by atoms with E-state index in [-0.39, 0.29) is 17.9 Å². The summed E-state index contributed by atoms with van der Waals surface area (Å²) in [6.07, 6.45) is 2.83. The highest BCUT2D eigenvalue weighted by Crippen LogP contribution is 2.36. The van der Waals surface area contributed by atoms with E-state index in [4.69, 9.17) is 4.74 Å². The number of amides is 3. The van der Waals surface area contributed by atoms with Gasteiger partial charge in [-0.3, -0.25) is 4.79 Å². The minimum Gasteiger partial charge on any atom is -0.381 e. The lowest BCUT2D eigenvalue weighted by molar-refractivity contribution is -0.133. The fraction of sp³-hybridized carbons (Fsp3) is 0.875. The first-order chi connectivity index (χ1) is 10.6. The lowest BCUT2D eigenvalue weighted by Gasteiger charge is -2.33. The van der Waals surface area contributed by atoms with E-state index >= 15 is 0 Å². The Morgan fingerprint density at radius 3 is 2.50 bits per heavy atom. The second-order valence-electron chi connectivity index (χ2n) is 7.10. The highest BCUT2D eigenvalue weighted by atomic mass is 16.5. The van der Waals surface area contributed by atoms with Gasteiger partial charge in [0, 0.05) is 52.6 Å². The third-order valence-electron chi connectivity index (χ3n) is 5.31. The average Bonchev–Trinajstić information content (AvgIpc) is 3.16. The van der Waals surface area contributed by atoms with Crippen LogP contribution in [0.4, 0.5) is 4.79 Å². The van der Waals surface area contributed by atoms with Crippen LogP contribution >= 0.6 is 0 Å². The molecule has 0 radical (unpaired) electrons. The first-order valence-corrected chi connectivity index (χ1v) is 8.38. The Labute approximate surface area is 132 Å². The van der Waals surface area contributed by atoms with Gasteiger partial charge in [-0.25, -0.2) is 4.79 Å². The van der Waals surface area contributed by atoms with Crippen molar-refractivity contribution in [2.24, 2.45) is 17.8 Å². The fourth-order valence-corrected chi connectivity index (χ4v) is 4.07. The monoisotopic (exact) mass is 309 g/mol. The van der Waals surface area contributed by atoms with Gasteiger partial charge in [0.15, 0.2) is 0 Å². The predicted octanol–water partition coefficient (Wildman–Crippen LogP) is 0.875. The second kappa shape index (κ2) is 6.44. The third-order valence-corrected chi connectivity index (χ3v) is 5.31. The van der Waals surface area contributed by atoms with E-state index in [1.165, 1.54) is 0 Å². The summed E-state index contributed by atoms with van der Waals surface area (Å²) in [6, 6.07) is 0.0685. The largest absolute Gasteiger partial charge is 0.381 e. The first kappa shape index (κ1) is 15.6. The molecule has 3 fully saturated rings. The first-order valence-electron chi connectivity index (χ1n) is 8.38. The molecule has 0 spiro atoms. The molecule has 3 rings (SSSR count). The van der Waals surface area contributed by atoms with Gasteiger partial charge in [0.25, 0.3) is 0 Å². The highest BCUT2D eigenvalue weighted by molar-refractivity contribution is 5.77. The lowest BCUT2D eigenvalue weighted by atomic mass is 9.81. The SMILES string of the molecule is CN(C)C(=O)N1C[C@@H]2COC[C@@H](CC(=O)N3CCCC3)[C@@H]2C1. The summed E-state index contributed by atoms with van der Waals surface area (Å²) in [6.45, 7) is 4.72. The molecule has 3 aliphatic rings. The van der Waals surface area contributed by atoms with Crippen molar-refractivity contribution in [2.45, 2.75) is 19.3 Å². The summed E-state index contributed by atoms with van der Waals surface area (Å²) >= 11 is 0.